The number of amides is 2. The van der Waals surface area contributed by atoms with E-state index >= 15 is 0 Å². The molecule has 0 radical (unpaired) electrons. The van der Waals surface area contributed by atoms with E-state index < -0.39 is 11.8 Å². The van der Waals surface area contributed by atoms with Gasteiger partial charge in [0.1, 0.15) is 6.42 Å². The topological polar surface area (TPSA) is 82.9 Å². The highest BCUT2D eigenvalue weighted by atomic mass is 79.9. The molecular formula is C17H14Br2N4O2. The third-order valence-corrected chi connectivity index (χ3v) is 3.81. The molecule has 0 aliphatic heterocycles. The van der Waals surface area contributed by atoms with E-state index in [0.29, 0.717) is 0 Å². The molecule has 8 heteroatoms. The van der Waals surface area contributed by atoms with Gasteiger partial charge in [0, 0.05) is 8.95 Å². The maximum absolute atomic E-state index is 11.6. The standard InChI is InChI=1S/C17H14Br2N4O2/c18-14-5-1-3-12(7-14)10-20-22-16(24)9-17(25)23-21-11-13-4-2-6-15(19)8-13/h1-8,10-11H,9H2,(H,22,24)(H,23,25). The van der Waals surface area contributed by atoms with Crippen LogP contribution in [-0.4, -0.2) is 24.2 Å². The van der Waals surface area contributed by atoms with Gasteiger partial charge in [-0.25, -0.2) is 10.9 Å². The van der Waals surface area contributed by atoms with Gasteiger partial charge in [0.2, 0.25) is 11.8 Å². The van der Waals surface area contributed by atoms with Gasteiger partial charge in [0.25, 0.3) is 0 Å². The number of carbonyl (C=O) groups is 2. The van der Waals surface area contributed by atoms with E-state index in [1.807, 2.05) is 48.5 Å². The first-order valence-corrected chi connectivity index (χ1v) is 8.76. The quantitative estimate of drug-likeness (QED) is 0.390. The highest BCUT2D eigenvalue weighted by molar-refractivity contribution is 9.10. The smallest absolute Gasteiger partial charge is 0.249 e. The van der Waals surface area contributed by atoms with Crippen LogP contribution in [0.1, 0.15) is 17.5 Å². The second kappa shape index (κ2) is 9.85. The van der Waals surface area contributed by atoms with E-state index in [2.05, 4.69) is 52.9 Å². The van der Waals surface area contributed by atoms with Crippen LogP contribution in [0.4, 0.5) is 0 Å². The molecule has 2 rings (SSSR count). The van der Waals surface area contributed by atoms with Gasteiger partial charge in [-0.05, 0) is 35.4 Å². The summed E-state index contributed by atoms with van der Waals surface area (Å²) in [5.41, 5.74) is 6.22. The summed E-state index contributed by atoms with van der Waals surface area (Å²) in [6.07, 6.45) is 2.61. The van der Waals surface area contributed by atoms with Crippen LogP contribution in [0.3, 0.4) is 0 Å². The first kappa shape index (κ1) is 19.0. The second-order valence-corrected chi connectivity index (χ2v) is 6.70. The Morgan fingerprint density at radius 2 is 1.28 bits per heavy atom. The Morgan fingerprint density at radius 3 is 1.68 bits per heavy atom. The average molecular weight is 466 g/mol. The van der Waals surface area contributed by atoms with Crippen LogP contribution in [0.5, 0.6) is 0 Å². The Labute approximate surface area is 161 Å². The minimum atomic E-state index is -0.526. The summed E-state index contributed by atoms with van der Waals surface area (Å²) in [5, 5.41) is 7.61. The summed E-state index contributed by atoms with van der Waals surface area (Å²) in [5.74, 6) is -1.05. The highest BCUT2D eigenvalue weighted by Crippen LogP contribution is 2.10. The van der Waals surface area contributed by atoms with Crippen LogP contribution in [0.2, 0.25) is 0 Å². The summed E-state index contributed by atoms with van der Waals surface area (Å²) in [6, 6.07) is 14.8. The molecule has 25 heavy (non-hydrogen) atoms. The lowest BCUT2D eigenvalue weighted by atomic mass is 10.2. The van der Waals surface area contributed by atoms with Crippen molar-refractivity contribution in [3.63, 3.8) is 0 Å². The third kappa shape index (κ3) is 7.40. The fourth-order valence-electron chi connectivity index (χ4n) is 1.76. The maximum atomic E-state index is 11.6. The van der Waals surface area contributed by atoms with Crippen molar-refractivity contribution in [2.24, 2.45) is 10.2 Å². The first-order valence-electron chi connectivity index (χ1n) is 7.18. The molecule has 2 aromatic carbocycles. The zero-order chi connectivity index (χ0) is 18.1. The molecule has 2 aromatic rings. The molecule has 0 aliphatic carbocycles. The number of carbonyl (C=O) groups excluding carboxylic acids is 2. The Kier molecular flexibility index (Phi) is 7.49. The van der Waals surface area contributed by atoms with E-state index in [9.17, 15) is 9.59 Å². The van der Waals surface area contributed by atoms with E-state index in [1.54, 1.807) is 0 Å². The van der Waals surface area contributed by atoms with Crippen molar-refractivity contribution >= 4 is 56.1 Å². The second-order valence-electron chi connectivity index (χ2n) is 4.87. The lowest BCUT2D eigenvalue weighted by Crippen LogP contribution is -2.27. The maximum Gasteiger partial charge on any atom is 0.249 e. The number of nitrogens with zero attached hydrogens (tertiary/aromatic N) is 2. The van der Waals surface area contributed by atoms with Gasteiger partial charge in [-0.15, -0.1) is 0 Å². The molecule has 0 atom stereocenters. The molecule has 0 aromatic heterocycles. The van der Waals surface area contributed by atoms with Crippen molar-refractivity contribution in [1.82, 2.24) is 10.9 Å². The van der Waals surface area contributed by atoms with Gasteiger partial charge in [-0.3, -0.25) is 9.59 Å². The lowest BCUT2D eigenvalue weighted by Gasteiger charge is -2.00. The summed E-state index contributed by atoms with van der Waals surface area (Å²) in [6.45, 7) is 0. The molecule has 0 heterocycles. The minimum Gasteiger partial charge on any atom is -0.273 e. The molecule has 0 spiro atoms. The number of nitrogens with one attached hydrogen (secondary N) is 2. The summed E-state index contributed by atoms with van der Waals surface area (Å²) in [4.78, 5) is 23.3. The molecule has 2 amide bonds. The monoisotopic (exact) mass is 464 g/mol. The summed E-state index contributed by atoms with van der Waals surface area (Å²) < 4.78 is 1.82. The third-order valence-electron chi connectivity index (χ3n) is 2.82. The highest BCUT2D eigenvalue weighted by Gasteiger charge is 2.07. The number of hydrazone groups is 2. The largest absolute Gasteiger partial charge is 0.273 e. The van der Waals surface area contributed by atoms with Crippen molar-refractivity contribution in [3.8, 4) is 0 Å². The molecule has 0 bridgehead atoms. The zero-order valence-electron chi connectivity index (χ0n) is 12.9. The van der Waals surface area contributed by atoms with Crippen molar-refractivity contribution in [2.75, 3.05) is 0 Å². The van der Waals surface area contributed by atoms with Crippen LogP contribution < -0.4 is 10.9 Å². The molecule has 0 unspecified atom stereocenters. The zero-order valence-corrected chi connectivity index (χ0v) is 16.1. The fourth-order valence-corrected chi connectivity index (χ4v) is 2.59. The van der Waals surface area contributed by atoms with E-state index in [0.717, 1.165) is 20.1 Å². The van der Waals surface area contributed by atoms with Crippen LogP contribution in [0.25, 0.3) is 0 Å². The molecular weight excluding hydrogens is 452 g/mol. The Hall–Kier alpha value is -2.32. The fraction of sp³-hybridized carbons (Fsp3) is 0.0588. The molecule has 0 fully saturated rings. The van der Waals surface area contributed by atoms with Crippen LogP contribution >= 0.6 is 31.9 Å². The van der Waals surface area contributed by atoms with Crippen LogP contribution in [-0.2, 0) is 9.59 Å². The van der Waals surface area contributed by atoms with Gasteiger partial charge < -0.3 is 0 Å². The summed E-state index contributed by atoms with van der Waals surface area (Å²) in [7, 11) is 0. The molecule has 6 nitrogen and oxygen atoms in total. The normalized spacial score (nSPS) is 11.0. The molecule has 0 saturated carbocycles. The Morgan fingerprint density at radius 1 is 0.840 bits per heavy atom. The van der Waals surface area contributed by atoms with Crippen LogP contribution in [0, 0.1) is 0 Å². The summed E-state index contributed by atoms with van der Waals surface area (Å²) >= 11 is 6.69. The number of benzene rings is 2. The first-order chi connectivity index (χ1) is 12.0. The minimum absolute atomic E-state index is 0.369. The van der Waals surface area contributed by atoms with Crippen LogP contribution in [0.15, 0.2) is 67.7 Å². The Bertz CT molecular complexity index is 754. The predicted octanol–water partition coefficient (Wildman–Crippen LogP) is 3.20. The van der Waals surface area contributed by atoms with Crippen molar-refractivity contribution in [3.05, 3.63) is 68.6 Å². The van der Waals surface area contributed by atoms with E-state index in [4.69, 9.17) is 0 Å². The van der Waals surface area contributed by atoms with Crippen molar-refractivity contribution in [2.45, 2.75) is 6.42 Å². The van der Waals surface area contributed by atoms with Gasteiger partial charge in [-0.1, -0.05) is 56.1 Å². The average Bonchev–Trinajstić information content (AvgIpc) is 2.55. The molecule has 0 aliphatic rings. The SMILES string of the molecule is O=C(CC(=O)NN=Cc1cccc(Br)c1)NN=Cc1cccc(Br)c1. The number of hydrogen-bond donors (Lipinski definition) is 2. The number of hydrogen-bond acceptors (Lipinski definition) is 4. The molecule has 128 valence electrons. The van der Waals surface area contributed by atoms with Gasteiger partial charge in [0.15, 0.2) is 0 Å². The van der Waals surface area contributed by atoms with Crippen molar-refractivity contribution < 1.29 is 9.59 Å². The number of rotatable bonds is 6. The predicted molar refractivity (Wildman–Crippen MR) is 104 cm³/mol. The van der Waals surface area contributed by atoms with Gasteiger partial charge >= 0.3 is 0 Å². The number of halogens is 2. The van der Waals surface area contributed by atoms with Crippen molar-refractivity contribution in [1.29, 1.82) is 0 Å². The van der Waals surface area contributed by atoms with Gasteiger partial charge in [0.05, 0.1) is 12.4 Å². The van der Waals surface area contributed by atoms with E-state index in [1.165, 1.54) is 12.4 Å². The van der Waals surface area contributed by atoms with E-state index in [-0.39, 0.29) is 6.42 Å². The Balaban J connectivity index is 1.75. The lowest BCUT2D eigenvalue weighted by molar-refractivity contribution is -0.129. The molecule has 0 saturated heterocycles. The molecule has 2 N–H and O–H groups in total. The van der Waals surface area contributed by atoms with Gasteiger partial charge in [-0.2, -0.15) is 10.2 Å².